The van der Waals surface area contributed by atoms with Crippen LogP contribution in [-0.4, -0.2) is 11.4 Å². The minimum absolute atomic E-state index is 0.137. The van der Waals surface area contributed by atoms with Crippen molar-refractivity contribution in [1.82, 2.24) is 0 Å². The summed E-state index contributed by atoms with van der Waals surface area (Å²) in [7, 11) is 0. The summed E-state index contributed by atoms with van der Waals surface area (Å²) in [4.78, 5) is 10.4. The average Bonchev–Trinajstić information content (AvgIpc) is 2.15. The summed E-state index contributed by atoms with van der Waals surface area (Å²) in [5, 5.41) is 8.70. The van der Waals surface area contributed by atoms with Crippen LogP contribution in [0.5, 0.6) is 0 Å². The smallest absolute Gasteiger partial charge is 0.392 e. The zero-order valence-corrected chi connectivity index (χ0v) is 7.01. The fourth-order valence-corrected chi connectivity index (χ4v) is 1.02. The number of carbonyl (C=O) groups is 1. The number of halogens is 3. The molecular formula is C9H7F3O2. The molecule has 0 saturated carbocycles. The topological polar surface area (TPSA) is 37.3 Å². The van der Waals surface area contributed by atoms with E-state index in [9.17, 15) is 18.0 Å². The lowest BCUT2D eigenvalue weighted by Crippen LogP contribution is -2.06. The lowest BCUT2D eigenvalue weighted by atomic mass is 10.1. The first-order chi connectivity index (χ1) is 6.49. The highest BCUT2D eigenvalue weighted by Crippen LogP contribution is 2.30. The van der Waals surface area contributed by atoms with E-state index in [1.165, 1.54) is 0 Å². The molecule has 0 unspecified atom stereocenters. The number of benzene rings is 1. The number of aldehydes is 1. The number of aliphatic hydroxyl groups excluding tert-OH is 1. The van der Waals surface area contributed by atoms with Gasteiger partial charge in [0.05, 0.1) is 12.2 Å². The van der Waals surface area contributed by atoms with Crippen molar-refractivity contribution in [3.05, 3.63) is 34.9 Å². The molecule has 14 heavy (non-hydrogen) atoms. The molecule has 0 aliphatic heterocycles. The van der Waals surface area contributed by atoms with Gasteiger partial charge in [0.2, 0.25) is 0 Å². The van der Waals surface area contributed by atoms with E-state index < -0.39 is 18.3 Å². The summed E-state index contributed by atoms with van der Waals surface area (Å²) < 4.78 is 36.5. The first-order valence-corrected chi connectivity index (χ1v) is 3.75. The Kier molecular flexibility index (Phi) is 2.90. The minimum Gasteiger partial charge on any atom is -0.392 e. The molecule has 0 amide bonds. The number of hydrogen-bond donors (Lipinski definition) is 1. The van der Waals surface area contributed by atoms with Crippen LogP contribution in [0.15, 0.2) is 18.2 Å². The molecule has 2 nitrogen and oxygen atoms in total. The van der Waals surface area contributed by atoms with Crippen molar-refractivity contribution in [3.63, 3.8) is 0 Å². The van der Waals surface area contributed by atoms with E-state index in [0.717, 1.165) is 18.2 Å². The Labute approximate surface area is 78.0 Å². The molecule has 0 bridgehead atoms. The Morgan fingerprint density at radius 1 is 1.36 bits per heavy atom. The minimum atomic E-state index is -4.47. The van der Waals surface area contributed by atoms with Gasteiger partial charge in [0, 0.05) is 5.56 Å². The maximum absolute atomic E-state index is 12.2. The van der Waals surface area contributed by atoms with Gasteiger partial charge in [-0.1, -0.05) is 6.07 Å². The van der Waals surface area contributed by atoms with Crippen LogP contribution in [0.25, 0.3) is 0 Å². The molecule has 0 radical (unpaired) electrons. The van der Waals surface area contributed by atoms with Crippen molar-refractivity contribution in [2.45, 2.75) is 12.8 Å². The lowest BCUT2D eigenvalue weighted by molar-refractivity contribution is -0.137. The molecule has 76 valence electrons. The zero-order valence-electron chi connectivity index (χ0n) is 7.01. The SMILES string of the molecule is O=Cc1cc(C(F)(F)F)ccc1CO. The molecule has 0 atom stereocenters. The standard InChI is InChI=1S/C9H7F3O2/c10-9(11,12)8-2-1-6(4-13)7(3-8)5-14/h1-3,5,13H,4H2. The van der Waals surface area contributed by atoms with Crippen LogP contribution in [0.4, 0.5) is 13.2 Å². The van der Waals surface area contributed by atoms with E-state index >= 15 is 0 Å². The third-order valence-electron chi connectivity index (χ3n) is 1.77. The molecule has 0 spiro atoms. The molecule has 0 heterocycles. The predicted octanol–water partition coefficient (Wildman–Crippen LogP) is 2.01. The second-order valence-electron chi connectivity index (χ2n) is 2.69. The van der Waals surface area contributed by atoms with Crippen LogP contribution in [-0.2, 0) is 12.8 Å². The number of alkyl halides is 3. The van der Waals surface area contributed by atoms with Crippen LogP contribution in [0.2, 0.25) is 0 Å². The van der Waals surface area contributed by atoms with Gasteiger partial charge in [-0.15, -0.1) is 0 Å². The third-order valence-corrected chi connectivity index (χ3v) is 1.77. The van der Waals surface area contributed by atoms with E-state index in [-0.39, 0.29) is 11.1 Å². The summed E-state index contributed by atoms with van der Waals surface area (Å²) >= 11 is 0. The summed E-state index contributed by atoms with van der Waals surface area (Å²) in [6.45, 7) is -0.452. The van der Waals surface area contributed by atoms with Crippen LogP contribution in [0.1, 0.15) is 21.5 Å². The molecule has 0 aliphatic carbocycles. The molecular weight excluding hydrogens is 197 g/mol. The van der Waals surface area contributed by atoms with Gasteiger partial charge in [-0.3, -0.25) is 4.79 Å². The quantitative estimate of drug-likeness (QED) is 0.748. The third kappa shape index (κ3) is 2.11. The number of aliphatic hydroxyl groups is 1. The molecule has 5 heteroatoms. The van der Waals surface area contributed by atoms with E-state index in [4.69, 9.17) is 5.11 Å². The number of hydrogen-bond acceptors (Lipinski definition) is 2. The maximum atomic E-state index is 12.2. The van der Waals surface area contributed by atoms with Crippen molar-refractivity contribution in [3.8, 4) is 0 Å². The second kappa shape index (κ2) is 3.79. The van der Waals surface area contributed by atoms with Gasteiger partial charge in [0.25, 0.3) is 0 Å². The van der Waals surface area contributed by atoms with Crippen molar-refractivity contribution in [1.29, 1.82) is 0 Å². The average molecular weight is 204 g/mol. The molecule has 0 aliphatic rings. The van der Waals surface area contributed by atoms with Crippen molar-refractivity contribution < 1.29 is 23.1 Å². The summed E-state index contributed by atoms with van der Waals surface area (Å²) in [6.07, 6.45) is -4.17. The largest absolute Gasteiger partial charge is 0.416 e. The van der Waals surface area contributed by atoms with E-state index in [1.54, 1.807) is 0 Å². The molecule has 1 aromatic carbocycles. The maximum Gasteiger partial charge on any atom is 0.416 e. The first-order valence-electron chi connectivity index (χ1n) is 3.75. The normalized spacial score (nSPS) is 11.4. The summed E-state index contributed by atoms with van der Waals surface area (Å²) in [6, 6.07) is 2.64. The first kappa shape index (κ1) is 10.7. The fourth-order valence-electron chi connectivity index (χ4n) is 1.02. The fraction of sp³-hybridized carbons (Fsp3) is 0.222. The molecule has 1 rings (SSSR count). The predicted molar refractivity (Wildman–Crippen MR) is 42.8 cm³/mol. The van der Waals surface area contributed by atoms with Gasteiger partial charge in [-0.25, -0.2) is 0 Å². The molecule has 0 aromatic heterocycles. The van der Waals surface area contributed by atoms with Gasteiger partial charge < -0.3 is 5.11 Å². The van der Waals surface area contributed by atoms with Gasteiger partial charge >= 0.3 is 6.18 Å². The van der Waals surface area contributed by atoms with Crippen LogP contribution >= 0.6 is 0 Å². The van der Waals surface area contributed by atoms with Gasteiger partial charge in [-0.05, 0) is 17.7 Å². The van der Waals surface area contributed by atoms with Crippen molar-refractivity contribution in [2.24, 2.45) is 0 Å². The van der Waals surface area contributed by atoms with Crippen molar-refractivity contribution in [2.75, 3.05) is 0 Å². The van der Waals surface area contributed by atoms with Crippen LogP contribution < -0.4 is 0 Å². The van der Waals surface area contributed by atoms with E-state index in [0.29, 0.717) is 6.29 Å². The molecule has 0 saturated heterocycles. The highest BCUT2D eigenvalue weighted by atomic mass is 19.4. The molecule has 1 N–H and O–H groups in total. The highest BCUT2D eigenvalue weighted by molar-refractivity contribution is 5.77. The summed E-state index contributed by atoms with van der Waals surface area (Å²) in [5.41, 5.74) is -0.841. The monoisotopic (exact) mass is 204 g/mol. The Balaban J connectivity index is 3.21. The highest BCUT2D eigenvalue weighted by Gasteiger charge is 2.30. The molecule has 1 aromatic rings. The lowest BCUT2D eigenvalue weighted by Gasteiger charge is -2.08. The Hall–Kier alpha value is -1.36. The molecule has 0 fully saturated rings. The van der Waals surface area contributed by atoms with Gasteiger partial charge in [-0.2, -0.15) is 13.2 Å². The van der Waals surface area contributed by atoms with Crippen LogP contribution in [0, 0.1) is 0 Å². The van der Waals surface area contributed by atoms with Crippen molar-refractivity contribution >= 4 is 6.29 Å². The number of carbonyl (C=O) groups excluding carboxylic acids is 1. The Morgan fingerprint density at radius 2 is 2.00 bits per heavy atom. The Morgan fingerprint density at radius 3 is 2.43 bits per heavy atom. The Bertz CT molecular complexity index is 344. The number of rotatable bonds is 2. The van der Waals surface area contributed by atoms with E-state index in [1.807, 2.05) is 0 Å². The van der Waals surface area contributed by atoms with Gasteiger partial charge in [0.15, 0.2) is 0 Å². The zero-order chi connectivity index (χ0) is 10.8. The van der Waals surface area contributed by atoms with Gasteiger partial charge in [0.1, 0.15) is 6.29 Å². The van der Waals surface area contributed by atoms with E-state index in [2.05, 4.69) is 0 Å². The second-order valence-corrected chi connectivity index (χ2v) is 2.69. The van der Waals surface area contributed by atoms with Crippen LogP contribution in [0.3, 0.4) is 0 Å². The summed E-state index contributed by atoms with van der Waals surface area (Å²) in [5.74, 6) is 0.